The third kappa shape index (κ3) is 4.49. The SMILES string of the molecule is CCN(C(=O)c1cccc(NC2=C(Cl)C(=O)N(c3ccc(Cl)cc3)C2=O)c1)c1ccccc1. The van der Waals surface area contributed by atoms with Crippen LogP contribution in [0.5, 0.6) is 0 Å². The van der Waals surface area contributed by atoms with Crippen LogP contribution in [-0.4, -0.2) is 24.3 Å². The maximum Gasteiger partial charge on any atom is 0.283 e. The molecule has 3 amide bonds. The summed E-state index contributed by atoms with van der Waals surface area (Å²) in [5.74, 6) is -1.42. The summed E-state index contributed by atoms with van der Waals surface area (Å²) >= 11 is 12.1. The van der Waals surface area contributed by atoms with Gasteiger partial charge in [-0.1, -0.05) is 47.5 Å². The quantitative estimate of drug-likeness (QED) is 0.477. The minimum Gasteiger partial charge on any atom is -0.350 e. The Balaban J connectivity index is 1.58. The van der Waals surface area contributed by atoms with E-state index in [-0.39, 0.29) is 16.6 Å². The highest BCUT2D eigenvalue weighted by Gasteiger charge is 2.39. The molecule has 0 bridgehead atoms. The number of carbonyl (C=O) groups is 3. The molecule has 0 saturated carbocycles. The van der Waals surface area contributed by atoms with Crippen molar-refractivity contribution in [3.8, 4) is 0 Å². The summed E-state index contributed by atoms with van der Waals surface area (Å²) in [6.07, 6.45) is 0. The predicted molar refractivity (Wildman–Crippen MR) is 131 cm³/mol. The molecule has 1 N–H and O–H groups in total. The molecular weight excluding hydrogens is 461 g/mol. The van der Waals surface area contributed by atoms with Gasteiger partial charge in [0.25, 0.3) is 17.7 Å². The second kappa shape index (κ2) is 9.48. The molecule has 1 aliphatic rings. The second-order valence-electron chi connectivity index (χ2n) is 7.20. The van der Waals surface area contributed by atoms with Crippen molar-refractivity contribution in [1.29, 1.82) is 0 Å². The van der Waals surface area contributed by atoms with Crippen LogP contribution >= 0.6 is 23.2 Å². The van der Waals surface area contributed by atoms with Crippen LogP contribution in [0.4, 0.5) is 17.1 Å². The minimum absolute atomic E-state index is 0.0587. The number of hydrogen-bond donors (Lipinski definition) is 1. The summed E-state index contributed by atoms with van der Waals surface area (Å²) in [7, 11) is 0. The zero-order chi connectivity index (χ0) is 23.5. The maximum absolute atomic E-state index is 13.1. The van der Waals surface area contributed by atoms with Gasteiger partial charge in [-0.25, -0.2) is 4.90 Å². The number of amides is 3. The van der Waals surface area contributed by atoms with E-state index in [9.17, 15) is 14.4 Å². The van der Waals surface area contributed by atoms with Gasteiger partial charge in [-0.3, -0.25) is 14.4 Å². The van der Waals surface area contributed by atoms with E-state index >= 15 is 0 Å². The van der Waals surface area contributed by atoms with Crippen LogP contribution in [0.15, 0.2) is 89.6 Å². The smallest absolute Gasteiger partial charge is 0.283 e. The Kier molecular flexibility index (Phi) is 6.49. The lowest BCUT2D eigenvalue weighted by Crippen LogP contribution is -2.32. The normalized spacial score (nSPS) is 13.5. The number of nitrogens with one attached hydrogen (secondary N) is 1. The molecule has 3 aromatic rings. The van der Waals surface area contributed by atoms with Gasteiger partial charge in [-0.15, -0.1) is 0 Å². The number of para-hydroxylation sites is 1. The summed E-state index contributed by atoms with van der Waals surface area (Å²) in [6, 6.07) is 22.3. The van der Waals surface area contributed by atoms with Crippen LogP contribution in [0.25, 0.3) is 0 Å². The first-order valence-electron chi connectivity index (χ1n) is 10.2. The molecule has 8 heteroatoms. The van der Waals surface area contributed by atoms with Crippen molar-refractivity contribution >= 4 is 58.0 Å². The topological polar surface area (TPSA) is 69.7 Å². The number of halogens is 2. The third-order valence-corrected chi connectivity index (χ3v) is 5.72. The molecule has 4 rings (SSSR count). The maximum atomic E-state index is 13.1. The van der Waals surface area contributed by atoms with Gasteiger partial charge in [0.15, 0.2) is 0 Å². The number of anilines is 3. The standard InChI is InChI=1S/C25H19Cl2N3O3/c1-2-29(19-9-4-3-5-10-19)23(31)16-7-6-8-18(15-16)28-22-21(27)24(32)30(25(22)33)20-13-11-17(26)12-14-20/h3-15,28H,2H2,1H3. The highest BCUT2D eigenvalue weighted by Crippen LogP contribution is 2.31. The van der Waals surface area contributed by atoms with E-state index < -0.39 is 11.8 Å². The van der Waals surface area contributed by atoms with Gasteiger partial charge in [-0.05, 0) is 61.5 Å². The van der Waals surface area contributed by atoms with Crippen LogP contribution in [0.1, 0.15) is 17.3 Å². The fourth-order valence-electron chi connectivity index (χ4n) is 3.52. The summed E-state index contributed by atoms with van der Waals surface area (Å²) in [6.45, 7) is 2.38. The van der Waals surface area contributed by atoms with Crippen LogP contribution in [0, 0.1) is 0 Å². The highest BCUT2D eigenvalue weighted by atomic mass is 35.5. The first kappa shape index (κ1) is 22.6. The summed E-state index contributed by atoms with van der Waals surface area (Å²) < 4.78 is 0. The van der Waals surface area contributed by atoms with E-state index in [2.05, 4.69) is 5.32 Å². The number of imide groups is 1. The molecule has 1 aliphatic heterocycles. The van der Waals surface area contributed by atoms with Crippen molar-refractivity contribution in [1.82, 2.24) is 0 Å². The molecule has 0 radical (unpaired) electrons. The van der Waals surface area contributed by atoms with Crippen LogP contribution in [0.2, 0.25) is 5.02 Å². The molecule has 33 heavy (non-hydrogen) atoms. The highest BCUT2D eigenvalue weighted by molar-refractivity contribution is 6.53. The molecule has 166 valence electrons. The molecule has 0 spiro atoms. The van der Waals surface area contributed by atoms with Gasteiger partial charge in [0.1, 0.15) is 10.7 Å². The lowest BCUT2D eigenvalue weighted by Gasteiger charge is -2.21. The van der Waals surface area contributed by atoms with Crippen molar-refractivity contribution in [2.75, 3.05) is 21.7 Å². The van der Waals surface area contributed by atoms with E-state index in [1.807, 2.05) is 37.3 Å². The van der Waals surface area contributed by atoms with Gasteiger partial charge >= 0.3 is 0 Å². The molecule has 0 aromatic heterocycles. The fourth-order valence-corrected chi connectivity index (χ4v) is 3.86. The van der Waals surface area contributed by atoms with Gasteiger partial charge in [0, 0.05) is 28.5 Å². The number of nitrogens with zero attached hydrogens (tertiary/aromatic N) is 2. The number of carbonyl (C=O) groups excluding carboxylic acids is 3. The lowest BCUT2D eigenvalue weighted by molar-refractivity contribution is -0.120. The monoisotopic (exact) mass is 479 g/mol. The molecule has 0 saturated heterocycles. The molecule has 3 aromatic carbocycles. The Labute approximate surface area is 201 Å². The van der Waals surface area contributed by atoms with E-state index in [1.165, 1.54) is 0 Å². The zero-order valence-corrected chi connectivity index (χ0v) is 19.1. The van der Waals surface area contributed by atoms with E-state index in [0.717, 1.165) is 10.6 Å². The second-order valence-corrected chi connectivity index (χ2v) is 8.02. The number of rotatable bonds is 6. The average molecular weight is 480 g/mol. The Morgan fingerprint density at radius 2 is 1.61 bits per heavy atom. The van der Waals surface area contributed by atoms with E-state index in [4.69, 9.17) is 23.2 Å². The molecule has 0 atom stereocenters. The van der Waals surface area contributed by atoms with Crippen molar-refractivity contribution in [3.05, 3.63) is 100 Å². The average Bonchev–Trinajstić information content (AvgIpc) is 3.04. The Bertz CT molecular complexity index is 1260. The van der Waals surface area contributed by atoms with Crippen LogP contribution < -0.4 is 15.1 Å². The van der Waals surface area contributed by atoms with Gasteiger partial charge in [-0.2, -0.15) is 0 Å². The van der Waals surface area contributed by atoms with E-state index in [0.29, 0.717) is 28.5 Å². The zero-order valence-electron chi connectivity index (χ0n) is 17.6. The first-order valence-corrected chi connectivity index (χ1v) is 10.9. The molecule has 0 unspecified atom stereocenters. The fraction of sp³-hybridized carbons (Fsp3) is 0.0800. The van der Waals surface area contributed by atoms with Crippen molar-refractivity contribution < 1.29 is 14.4 Å². The molecule has 0 aliphatic carbocycles. The van der Waals surface area contributed by atoms with Gasteiger partial charge in [0.2, 0.25) is 0 Å². The van der Waals surface area contributed by atoms with E-state index in [1.54, 1.807) is 53.4 Å². The molecule has 6 nitrogen and oxygen atoms in total. The molecular formula is C25H19Cl2N3O3. The Morgan fingerprint density at radius 1 is 0.909 bits per heavy atom. The molecule has 0 fully saturated rings. The van der Waals surface area contributed by atoms with Crippen molar-refractivity contribution in [2.45, 2.75) is 6.92 Å². The third-order valence-electron chi connectivity index (χ3n) is 5.12. The minimum atomic E-state index is -0.639. The number of hydrogen-bond acceptors (Lipinski definition) is 4. The largest absolute Gasteiger partial charge is 0.350 e. The van der Waals surface area contributed by atoms with Crippen LogP contribution in [-0.2, 0) is 9.59 Å². The summed E-state index contributed by atoms with van der Waals surface area (Å²) in [5, 5.41) is 3.16. The van der Waals surface area contributed by atoms with Gasteiger partial charge < -0.3 is 10.2 Å². The van der Waals surface area contributed by atoms with Crippen molar-refractivity contribution in [3.63, 3.8) is 0 Å². The Hall–Kier alpha value is -3.61. The van der Waals surface area contributed by atoms with Crippen LogP contribution in [0.3, 0.4) is 0 Å². The predicted octanol–water partition coefficient (Wildman–Crippen LogP) is 5.44. The van der Waals surface area contributed by atoms with Gasteiger partial charge in [0.05, 0.1) is 5.69 Å². The first-order chi connectivity index (χ1) is 15.9. The summed E-state index contributed by atoms with van der Waals surface area (Å²) in [5.41, 5.74) is 1.96. The van der Waals surface area contributed by atoms with Crippen molar-refractivity contribution in [2.24, 2.45) is 0 Å². The number of benzene rings is 3. The Morgan fingerprint density at radius 3 is 2.27 bits per heavy atom. The summed E-state index contributed by atoms with van der Waals surface area (Å²) in [4.78, 5) is 41.4. The molecule has 1 heterocycles. The lowest BCUT2D eigenvalue weighted by atomic mass is 10.1.